The molecule has 2 aromatic carbocycles. The van der Waals surface area contributed by atoms with Gasteiger partial charge in [-0.05, 0) is 58.7 Å². The molecule has 13 nitrogen and oxygen atoms in total. The molecule has 5 aromatic rings. The van der Waals surface area contributed by atoms with E-state index >= 15 is 0 Å². The molecule has 0 saturated heterocycles. The summed E-state index contributed by atoms with van der Waals surface area (Å²) in [6, 6.07) is 32.3. The van der Waals surface area contributed by atoms with E-state index in [-0.39, 0.29) is 32.8 Å². The third kappa shape index (κ3) is 9.86. The number of hydrogen-bond donors (Lipinski definition) is 3. The van der Waals surface area contributed by atoms with Gasteiger partial charge in [0, 0.05) is 13.1 Å². The van der Waals surface area contributed by atoms with Crippen molar-refractivity contribution >= 4 is 24.4 Å². The van der Waals surface area contributed by atoms with E-state index in [0.29, 0.717) is 34.2 Å². The van der Waals surface area contributed by atoms with Gasteiger partial charge in [0.25, 0.3) is 6.47 Å². The second-order valence-electron chi connectivity index (χ2n) is 11.3. The highest BCUT2D eigenvalue weighted by Gasteiger charge is 2.17. The highest BCUT2D eigenvalue weighted by molar-refractivity contribution is 5.77. The van der Waals surface area contributed by atoms with Crippen molar-refractivity contribution in [2.75, 3.05) is 26.4 Å². The van der Waals surface area contributed by atoms with Crippen LogP contribution in [0.25, 0.3) is 45.0 Å². The number of ether oxygens (including phenoxy) is 1. The van der Waals surface area contributed by atoms with Gasteiger partial charge in [0.05, 0.1) is 53.8 Å². The second kappa shape index (κ2) is 16.7. The van der Waals surface area contributed by atoms with Gasteiger partial charge in [0.2, 0.25) is 0 Å². The van der Waals surface area contributed by atoms with Crippen LogP contribution in [0.2, 0.25) is 0 Å². The van der Waals surface area contributed by atoms with Gasteiger partial charge in [-0.15, -0.1) is 0 Å². The first kappa shape index (κ1) is 35.0. The van der Waals surface area contributed by atoms with Gasteiger partial charge in [0.1, 0.15) is 6.73 Å². The quantitative estimate of drug-likeness (QED) is 0.0924. The number of nitrogens with zero attached hydrogens (tertiary/aromatic N) is 5. The average molecular weight is 676 g/mol. The fourth-order valence-electron chi connectivity index (χ4n) is 5.35. The van der Waals surface area contributed by atoms with Crippen molar-refractivity contribution < 1.29 is 39.2 Å². The zero-order valence-electron chi connectivity index (χ0n) is 26.8. The maximum absolute atomic E-state index is 11.4. The third-order valence-electron chi connectivity index (χ3n) is 7.46. The molecule has 3 aromatic heterocycles. The standard InChI is InChI=1S/C37H33N5O8/c43-24-50-23-42(22-37(48)49)19-30-9-5-11-32(39-30)34-17-28(27-14-12-26(13-15-27)25-6-2-1-3-7-25)16-33(40-34)31-10-4-8-29(38-31)18-41(20-35(44)45)21-36(46)47/h1-17,24H,18-23H2,(H,44,45)(H,46,47)(H,48,49). The van der Waals surface area contributed by atoms with Crippen molar-refractivity contribution in [1.82, 2.24) is 24.8 Å². The van der Waals surface area contributed by atoms with Gasteiger partial charge in [0.15, 0.2) is 0 Å². The smallest absolute Gasteiger partial charge is 0.317 e. The van der Waals surface area contributed by atoms with Crippen LogP contribution in [0.5, 0.6) is 0 Å². The molecule has 0 aliphatic rings. The molecule has 0 aliphatic carbocycles. The minimum Gasteiger partial charge on any atom is -0.480 e. The predicted octanol–water partition coefficient (Wildman–Crippen LogP) is 4.53. The lowest BCUT2D eigenvalue weighted by Gasteiger charge is -2.18. The molecule has 5 rings (SSSR count). The van der Waals surface area contributed by atoms with Crippen LogP contribution in [0, 0.1) is 0 Å². The molecule has 3 N–H and O–H groups in total. The van der Waals surface area contributed by atoms with E-state index in [0.717, 1.165) is 22.3 Å². The number of carbonyl (C=O) groups is 4. The van der Waals surface area contributed by atoms with Crippen molar-refractivity contribution in [3.63, 3.8) is 0 Å². The monoisotopic (exact) mass is 675 g/mol. The first-order valence-corrected chi connectivity index (χ1v) is 15.4. The Morgan fingerprint density at radius 2 is 1.00 bits per heavy atom. The van der Waals surface area contributed by atoms with Crippen molar-refractivity contribution in [3.8, 4) is 45.0 Å². The van der Waals surface area contributed by atoms with Crippen LogP contribution in [0.1, 0.15) is 11.4 Å². The number of carboxylic acid groups (broad SMARTS) is 3. The lowest BCUT2D eigenvalue weighted by Crippen LogP contribution is -2.34. The van der Waals surface area contributed by atoms with Crippen LogP contribution in [0.4, 0.5) is 0 Å². The number of hydrogen-bond acceptors (Lipinski definition) is 10. The lowest BCUT2D eigenvalue weighted by molar-refractivity contribution is -0.144. The average Bonchev–Trinajstić information content (AvgIpc) is 3.10. The van der Waals surface area contributed by atoms with E-state index in [9.17, 15) is 34.5 Å². The zero-order chi connectivity index (χ0) is 35.5. The number of pyridine rings is 3. The Kier molecular flexibility index (Phi) is 11.7. The van der Waals surface area contributed by atoms with Crippen molar-refractivity contribution in [2.45, 2.75) is 13.1 Å². The Bertz CT molecular complexity index is 1960. The van der Waals surface area contributed by atoms with Gasteiger partial charge in [-0.25, -0.2) is 15.0 Å². The maximum atomic E-state index is 11.4. The van der Waals surface area contributed by atoms with Crippen molar-refractivity contribution in [1.29, 1.82) is 0 Å². The zero-order valence-corrected chi connectivity index (χ0v) is 26.8. The summed E-state index contributed by atoms with van der Waals surface area (Å²) < 4.78 is 4.79. The summed E-state index contributed by atoms with van der Waals surface area (Å²) in [6.07, 6.45) is 0. The molecule has 3 heterocycles. The number of aromatic nitrogens is 3. The van der Waals surface area contributed by atoms with E-state index in [1.807, 2.05) is 66.7 Å². The summed E-state index contributed by atoms with van der Waals surface area (Å²) in [5.41, 5.74) is 6.80. The third-order valence-corrected chi connectivity index (χ3v) is 7.46. The Morgan fingerprint density at radius 3 is 1.50 bits per heavy atom. The number of carbonyl (C=O) groups excluding carboxylic acids is 1. The molecule has 0 atom stereocenters. The highest BCUT2D eigenvalue weighted by Crippen LogP contribution is 2.31. The fourth-order valence-corrected chi connectivity index (χ4v) is 5.35. The van der Waals surface area contributed by atoms with Crippen LogP contribution < -0.4 is 0 Å². The lowest BCUT2D eigenvalue weighted by atomic mass is 9.99. The predicted molar refractivity (Wildman–Crippen MR) is 182 cm³/mol. The molecule has 0 saturated carbocycles. The molecular weight excluding hydrogens is 642 g/mol. The Morgan fingerprint density at radius 1 is 0.540 bits per heavy atom. The first-order chi connectivity index (χ1) is 24.2. The Balaban J connectivity index is 1.54. The van der Waals surface area contributed by atoms with Crippen molar-refractivity contribution in [3.05, 3.63) is 115 Å². The molecule has 13 heteroatoms. The van der Waals surface area contributed by atoms with Crippen LogP contribution in [0.3, 0.4) is 0 Å². The number of aliphatic carboxylic acids is 3. The molecule has 0 aliphatic heterocycles. The summed E-state index contributed by atoms with van der Waals surface area (Å²) in [4.78, 5) is 62.0. The normalized spacial score (nSPS) is 11.0. The largest absolute Gasteiger partial charge is 0.480 e. The van der Waals surface area contributed by atoms with E-state index in [1.54, 1.807) is 36.4 Å². The molecule has 0 bridgehead atoms. The summed E-state index contributed by atoms with van der Waals surface area (Å²) >= 11 is 0. The molecule has 0 spiro atoms. The summed E-state index contributed by atoms with van der Waals surface area (Å²) in [5, 5.41) is 27.9. The van der Waals surface area contributed by atoms with Crippen LogP contribution in [0.15, 0.2) is 103 Å². The van der Waals surface area contributed by atoms with Gasteiger partial charge >= 0.3 is 17.9 Å². The van der Waals surface area contributed by atoms with Crippen LogP contribution in [-0.2, 0) is 37.0 Å². The second-order valence-corrected chi connectivity index (χ2v) is 11.3. The van der Waals surface area contributed by atoms with Crippen molar-refractivity contribution in [2.24, 2.45) is 0 Å². The summed E-state index contributed by atoms with van der Waals surface area (Å²) in [7, 11) is 0. The van der Waals surface area contributed by atoms with Gasteiger partial charge < -0.3 is 20.1 Å². The topological polar surface area (TPSA) is 183 Å². The molecule has 50 heavy (non-hydrogen) atoms. The Labute approximate surface area is 287 Å². The minimum absolute atomic E-state index is 0.00972. The molecule has 0 amide bonds. The number of benzene rings is 2. The minimum atomic E-state index is -1.16. The van der Waals surface area contributed by atoms with Crippen LogP contribution >= 0.6 is 0 Å². The molecule has 0 unspecified atom stereocenters. The van der Waals surface area contributed by atoms with Gasteiger partial charge in [-0.2, -0.15) is 0 Å². The number of rotatable bonds is 17. The summed E-state index contributed by atoms with van der Waals surface area (Å²) in [5.74, 6) is -3.40. The molecule has 0 fully saturated rings. The SMILES string of the molecule is O=COCN(CC(=O)O)Cc1cccc(-c2cc(-c3ccc(-c4ccccc4)cc3)cc(-c3cccc(CN(CC(=O)O)CC(=O)O)n3)n2)n1. The van der Waals surface area contributed by atoms with E-state index in [1.165, 1.54) is 9.80 Å². The van der Waals surface area contributed by atoms with Gasteiger partial charge in [-0.3, -0.25) is 29.0 Å². The van der Waals surface area contributed by atoms with E-state index in [2.05, 4.69) is 0 Å². The fraction of sp³-hybridized carbons (Fsp3) is 0.162. The van der Waals surface area contributed by atoms with Crippen LogP contribution in [-0.4, -0.2) is 90.8 Å². The first-order valence-electron chi connectivity index (χ1n) is 15.4. The van der Waals surface area contributed by atoms with E-state index in [4.69, 9.17) is 19.7 Å². The maximum Gasteiger partial charge on any atom is 0.317 e. The summed E-state index contributed by atoms with van der Waals surface area (Å²) in [6.45, 7) is -1.20. The molecule has 0 radical (unpaired) electrons. The Hall–Kier alpha value is -6.31. The molecule has 254 valence electrons. The van der Waals surface area contributed by atoms with Gasteiger partial charge in [-0.1, -0.05) is 66.7 Å². The number of carboxylic acids is 3. The van der Waals surface area contributed by atoms with E-state index < -0.39 is 31.0 Å². The molecular formula is C37H33N5O8. The highest BCUT2D eigenvalue weighted by atomic mass is 16.5.